The van der Waals surface area contributed by atoms with E-state index in [1.54, 1.807) is 48.6 Å². The zero-order valence-corrected chi connectivity index (χ0v) is 24.8. The van der Waals surface area contributed by atoms with Gasteiger partial charge in [0, 0.05) is 0 Å². The molecule has 8 nitrogen and oxygen atoms in total. The van der Waals surface area contributed by atoms with E-state index in [1.807, 2.05) is 53.9 Å². The van der Waals surface area contributed by atoms with Crippen molar-refractivity contribution in [1.82, 2.24) is 4.98 Å². The topological polar surface area (TPSA) is 131 Å². The lowest BCUT2D eigenvalue weighted by Gasteiger charge is -2.28. The van der Waals surface area contributed by atoms with Gasteiger partial charge in [0.25, 0.3) is 0 Å². The van der Waals surface area contributed by atoms with Gasteiger partial charge in [-0.2, -0.15) is 10.5 Å². The molecule has 1 aliphatic rings. The summed E-state index contributed by atoms with van der Waals surface area (Å²) in [6.45, 7) is 2.18. The number of aromatic nitrogens is 1. The van der Waals surface area contributed by atoms with Gasteiger partial charge in [-0.1, -0.05) is 60.3 Å². The number of nitrogens with zero attached hydrogens (tertiary/aromatic N) is 3. The van der Waals surface area contributed by atoms with Crippen LogP contribution in [0.3, 0.4) is 0 Å². The Morgan fingerprint density at radius 1 is 1.07 bits per heavy atom. The van der Waals surface area contributed by atoms with Crippen LogP contribution >= 0.6 is 23.1 Å². The Kier molecular flexibility index (Phi) is 9.42. The van der Waals surface area contributed by atoms with Gasteiger partial charge in [0.15, 0.2) is 0 Å². The molecule has 2 N–H and O–H groups in total. The molecular weight excluding hydrogens is 581 g/mol. The highest BCUT2D eigenvalue weighted by atomic mass is 32.2. The summed E-state index contributed by atoms with van der Waals surface area (Å²) in [6, 6.07) is 28.7. The number of thioether (sulfide) groups is 1. The molecule has 0 saturated heterocycles. The highest BCUT2D eigenvalue weighted by Crippen LogP contribution is 2.42. The molecule has 0 bridgehead atoms. The number of carbonyl (C=O) groups is 1. The van der Waals surface area contributed by atoms with Crippen LogP contribution in [0.4, 0.5) is 0 Å². The third-order valence-corrected chi connectivity index (χ3v) is 8.41. The summed E-state index contributed by atoms with van der Waals surface area (Å²) in [6.07, 6.45) is 0. The van der Waals surface area contributed by atoms with Gasteiger partial charge in [-0.05, 0) is 53.8 Å². The fraction of sp³-hybridized carbons (Fsp3) is 0.152. The monoisotopic (exact) mass is 606 g/mol. The number of benzene rings is 2. The number of nitrogens with two attached hydrogens (primary N) is 1. The smallest absolute Gasteiger partial charge is 0.338 e. The number of rotatable bonds is 10. The van der Waals surface area contributed by atoms with Gasteiger partial charge < -0.3 is 19.9 Å². The van der Waals surface area contributed by atoms with Gasteiger partial charge in [-0.25, -0.2) is 9.78 Å². The number of hydrogen-bond acceptors (Lipinski definition) is 10. The first-order valence-electron chi connectivity index (χ1n) is 13.3. The molecule has 5 rings (SSSR count). The molecule has 2 aromatic heterocycles. The van der Waals surface area contributed by atoms with E-state index < -0.39 is 11.9 Å². The molecule has 4 aromatic rings. The quantitative estimate of drug-likeness (QED) is 0.155. The largest absolute Gasteiger partial charge is 0.489 e. The molecule has 214 valence electrons. The Labute approximate surface area is 257 Å². The second-order valence-electron chi connectivity index (χ2n) is 9.26. The molecule has 10 heteroatoms. The van der Waals surface area contributed by atoms with Crippen LogP contribution in [0.5, 0.6) is 5.75 Å². The molecular formula is C33H26N4O4S2. The van der Waals surface area contributed by atoms with Gasteiger partial charge in [0.05, 0.1) is 40.0 Å². The summed E-state index contributed by atoms with van der Waals surface area (Å²) in [7, 11) is 0. The summed E-state index contributed by atoms with van der Waals surface area (Å²) >= 11 is 2.79. The third-order valence-electron chi connectivity index (χ3n) is 6.53. The molecule has 2 aromatic carbocycles. The van der Waals surface area contributed by atoms with Crippen molar-refractivity contribution < 1.29 is 19.0 Å². The predicted octanol–water partition coefficient (Wildman–Crippen LogP) is 6.68. The lowest BCUT2D eigenvalue weighted by atomic mass is 9.83. The number of thiophene rings is 1. The van der Waals surface area contributed by atoms with Gasteiger partial charge in [0.2, 0.25) is 5.88 Å². The van der Waals surface area contributed by atoms with Crippen LogP contribution in [0.25, 0.3) is 10.6 Å². The number of esters is 1. The molecule has 0 saturated carbocycles. The SMILES string of the molecule is CCOC(=O)C1=C(CSc2nc(-c3cccs3)ccc2C#N)OC(N)=C(C#N)C1c1cccc(OCc2ccccc2)c1. The van der Waals surface area contributed by atoms with E-state index in [9.17, 15) is 15.3 Å². The molecule has 0 radical (unpaired) electrons. The van der Waals surface area contributed by atoms with Crippen LogP contribution in [-0.4, -0.2) is 23.3 Å². The second-order valence-corrected chi connectivity index (χ2v) is 11.2. The van der Waals surface area contributed by atoms with E-state index in [4.69, 9.17) is 24.9 Å². The Balaban J connectivity index is 1.51. The van der Waals surface area contributed by atoms with Crippen molar-refractivity contribution in [1.29, 1.82) is 10.5 Å². The van der Waals surface area contributed by atoms with Crippen LogP contribution in [0.2, 0.25) is 0 Å². The van der Waals surface area contributed by atoms with Crippen molar-refractivity contribution in [3.63, 3.8) is 0 Å². The third kappa shape index (κ3) is 6.73. The molecule has 0 fully saturated rings. The number of hydrogen-bond donors (Lipinski definition) is 1. The Bertz CT molecular complexity index is 1770. The van der Waals surface area contributed by atoms with Crippen LogP contribution in [-0.2, 0) is 20.9 Å². The molecule has 43 heavy (non-hydrogen) atoms. The molecule has 1 aliphatic heterocycles. The van der Waals surface area contributed by atoms with Gasteiger partial charge in [0.1, 0.15) is 40.9 Å². The minimum atomic E-state index is -0.852. The van der Waals surface area contributed by atoms with Crippen molar-refractivity contribution in [2.75, 3.05) is 12.4 Å². The van der Waals surface area contributed by atoms with E-state index in [-0.39, 0.29) is 35.1 Å². The zero-order valence-electron chi connectivity index (χ0n) is 23.2. The first-order chi connectivity index (χ1) is 21.0. The fourth-order valence-corrected chi connectivity index (χ4v) is 6.16. The first kappa shape index (κ1) is 29.5. The molecule has 1 unspecified atom stereocenters. The molecule has 3 heterocycles. The van der Waals surface area contributed by atoms with Crippen molar-refractivity contribution in [3.05, 3.63) is 124 Å². The average molecular weight is 607 g/mol. The van der Waals surface area contributed by atoms with Crippen LogP contribution in [0.15, 0.2) is 112 Å². The molecule has 0 aliphatic carbocycles. The van der Waals surface area contributed by atoms with Crippen molar-refractivity contribution >= 4 is 29.1 Å². The minimum Gasteiger partial charge on any atom is -0.489 e. The lowest BCUT2D eigenvalue weighted by Crippen LogP contribution is -2.27. The summed E-state index contributed by atoms with van der Waals surface area (Å²) < 4.78 is 17.4. The number of carbonyl (C=O) groups excluding carboxylic acids is 1. The maximum atomic E-state index is 13.5. The highest BCUT2D eigenvalue weighted by Gasteiger charge is 2.38. The second kappa shape index (κ2) is 13.8. The number of allylic oxidation sites excluding steroid dienone is 1. The zero-order chi connectivity index (χ0) is 30.2. The van der Waals surface area contributed by atoms with Gasteiger partial charge in [-0.15, -0.1) is 11.3 Å². The van der Waals surface area contributed by atoms with E-state index in [2.05, 4.69) is 12.1 Å². The number of ether oxygens (including phenoxy) is 3. The summed E-state index contributed by atoms with van der Waals surface area (Å²) in [5.74, 6) is -0.671. The van der Waals surface area contributed by atoms with E-state index in [1.165, 1.54) is 11.8 Å². The highest BCUT2D eigenvalue weighted by molar-refractivity contribution is 7.99. The summed E-state index contributed by atoms with van der Waals surface area (Å²) in [4.78, 5) is 19.1. The van der Waals surface area contributed by atoms with Gasteiger partial charge in [-0.3, -0.25) is 0 Å². The van der Waals surface area contributed by atoms with Crippen molar-refractivity contribution in [2.24, 2.45) is 5.73 Å². The Morgan fingerprint density at radius 3 is 2.63 bits per heavy atom. The van der Waals surface area contributed by atoms with Crippen LogP contribution in [0, 0.1) is 22.7 Å². The lowest BCUT2D eigenvalue weighted by molar-refractivity contribution is -0.139. The fourth-order valence-electron chi connectivity index (χ4n) is 4.55. The van der Waals surface area contributed by atoms with Crippen LogP contribution in [0.1, 0.15) is 29.5 Å². The standard InChI is InChI=1S/C33H26N4O4S2/c1-2-39-33(38)30-27(20-43-32-23(17-34)13-14-26(37-32)28-12-7-15-42-28)41-31(36)25(18-35)29(30)22-10-6-11-24(16-22)40-19-21-8-4-3-5-9-21/h3-16,29H,2,19-20,36H2,1H3. The Morgan fingerprint density at radius 2 is 1.91 bits per heavy atom. The first-order valence-corrected chi connectivity index (χ1v) is 15.2. The van der Waals surface area contributed by atoms with E-state index >= 15 is 0 Å². The Hall–Kier alpha value is -5.03. The minimum absolute atomic E-state index is 0.0903. The number of nitriles is 2. The van der Waals surface area contributed by atoms with Crippen molar-refractivity contribution in [2.45, 2.75) is 24.5 Å². The maximum absolute atomic E-state index is 13.5. The average Bonchev–Trinajstić information content (AvgIpc) is 3.58. The molecule has 0 amide bonds. The van der Waals surface area contributed by atoms with Gasteiger partial charge >= 0.3 is 5.97 Å². The summed E-state index contributed by atoms with van der Waals surface area (Å²) in [5, 5.41) is 22.3. The molecule has 0 spiro atoms. The van der Waals surface area contributed by atoms with Crippen molar-refractivity contribution in [3.8, 4) is 28.5 Å². The summed E-state index contributed by atoms with van der Waals surface area (Å²) in [5.41, 5.74) is 9.27. The maximum Gasteiger partial charge on any atom is 0.338 e. The van der Waals surface area contributed by atoms with E-state index in [0.717, 1.165) is 16.1 Å². The normalized spacial score (nSPS) is 14.4. The van der Waals surface area contributed by atoms with Crippen LogP contribution < -0.4 is 10.5 Å². The predicted molar refractivity (Wildman–Crippen MR) is 165 cm³/mol. The molecule has 1 atom stereocenters. The van der Waals surface area contributed by atoms with E-state index in [0.29, 0.717) is 28.5 Å². The number of pyridine rings is 1.